The molecular formula is C12H17N5O2S. The summed E-state index contributed by atoms with van der Waals surface area (Å²) in [5.74, 6) is 0.643. The van der Waals surface area contributed by atoms with Crippen LogP contribution in [0, 0.1) is 0 Å². The van der Waals surface area contributed by atoms with Crippen LogP contribution >= 0.6 is 11.5 Å². The van der Waals surface area contributed by atoms with Gasteiger partial charge >= 0.3 is 5.97 Å². The van der Waals surface area contributed by atoms with Gasteiger partial charge in [-0.25, -0.2) is 9.78 Å². The van der Waals surface area contributed by atoms with Crippen LogP contribution in [0.5, 0.6) is 0 Å². The maximum absolute atomic E-state index is 11.9. The Morgan fingerprint density at radius 2 is 2.35 bits per heavy atom. The van der Waals surface area contributed by atoms with Crippen LogP contribution in [-0.4, -0.2) is 33.5 Å². The first-order valence-corrected chi connectivity index (χ1v) is 6.91. The monoisotopic (exact) mass is 295 g/mol. The highest BCUT2D eigenvalue weighted by Gasteiger charge is 2.23. The molecule has 0 spiro atoms. The van der Waals surface area contributed by atoms with E-state index in [-0.39, 0.29) is 5.82 Å². The molecule has 0 atom stereocenters. The lowest BCUT2D eigenvalue weighted by Gasteiger charge is -2.17. The second-order valence-corrected chi connectivity index (χ2v) is 5.03. The van der Waals surface area contributed by atoms with Gasteiger partial charge in [0.15, 0.2) is 5.82 Å². The van der Waals surface area contributed by atoms with E-state index in [9.17, 15) is 4.79 Å². The van der Waals surface area contributed by atoms with Crippen LogP contribution in [0.25, 0.3) is 0 Å². The minimum atomic E-state index is -0.444. The van der Waals surface area contributed by atoms with E-state index in [1.165, 1.54) is 11.5 Å². The zero-order chi connectivity index (χ0) is 14.7. The number of esters is 1. The Hall–Kier alpha value is -2.09. The topological polar surface area (TPSA) is 86.3 Å². The molecule has 2 rings (SSSR count). The Kier molecular flexibility index (Phi) is 4.23. The molecule has 108 valence electrons. The van der Waals surface area contributed by atoms with Gasteiger partial charge in [0.25, 0.3) is 0 Å². The summed E-state index contributed by atoms with van der Waals surface area (Å²) in [5.41, 5.74) is 6.09. The number of anilines is 2. The minimum Gasteiger partial charge on any atom is -0.462 e. The first-order valence-electron chi connectivity index (χ1n) is 6.14. The van der Waals surface area contributed by atoms with Crippen LogP contribution in [0.4, 0.5) is 10.8 Å². The maximum atomic E-state index is 11.9. The number of carbonyl (C=O) groups is 1. The molecule has 8 heteroatoms. The summed E-state index contributed by atoms with van der Waals surface area (Å²) >= 11 is 1.18. The van der Waals surface area contributed by atoms with Crippen molar-refractivity contribution in [2.75, 3.05) is 24.3 Å². The number of aryl methyl sites for hydroxylation is 1. The molecule has 0 fully saturated rings. The molecule has 2 heterocycles. The molecule has 2 aromatic rings. The van der Waals surface area contributed by atoms with Gasteiger partial charge in [0.1, 0.15) is 16.4 Å². The van der Waals surface area contributed by atoms with E-state index in [0.29, 0.717) is 23.7 Å². The van der Waals surface area contributed by atoms with Crippen LogP contribution in [-0.2, 0) is 18.3 Å². The highest BCUT2D eigenvalue weighted by Crippen LogP contribution is 2.31. The van der Waals surface area contributed by atoms with Crippen molar-refractivity contribution in [3.05, 3.63) is 23.8 Å². The average Bonchev–Trinajstić information content (AvgIpc) is 2.96. The van der Waals surface area contributed by atoms with Crippen LogP contribution < -0.4 is 10.6 Å². The van der Waals surface area contributed by atoms with E-state index in [1.54, 1.807) is 13.1 Å². The molecule has 0 radical (unpaired) electrons. The lowest BCUT2D eigenvalue weighted by Crippen LogP contribution is -2.21. The molecule has 0 amide bonds. The third-order valence-electron chi connectivity index (χ3n) is 2.83. The van der Waals surface area contributed by atoms with Crippen molar-refractivity contribution in [1.29, 1.82) is 0 Å². The predicted octanol–water partition coefficient (Wildman–Crippen LogP) is 1.27. The second-order valence-electron chi connectivity index (χ2n) is 4.28. The maximum Gasteiger partial charge on any atom is 0.345 e. The molecule has 0 aliphatic rings. The molecule has 0 unspecified atom stereocenters. The number of rotatable bonds is 5. The zero-order valence-corrected chi connectivity index (χ0v) is 12.5. The SMILES string of the molecule is CCOC(=O)c1c(N)nsc1N(C)Cc1nccn1C. The number of nitrogens with two attached hydrogens (primary N) is 1. The Labute approximate surface area is 121 Å². The van der Waals surface area contributed by atoms with Crippen molar-refractivity contribution >= 4 is 28.3 Å². The molecule has 0 saturated carbocycles. The number of ether oxygens (including phenoxy) is 1. The van der Waals surface area contributed by atoms with Gasteiger partial charge in [0.05, 0.1) is 13.2 Å². The van der Waals surface area contributed by atoms with Gasteiger partial charge in [0.2, 0.25) is 0 Å². The summed E-state index contributed by atoms with van der Waals surface area (Å²) in [6.45, 7) is 2.61. The summed E-state index contributed by atoms with van der Waals surface area (Å²) in [6, 6.07) is 0. The van der Waals surface area contributed by atoms with E-state index < -0.39 is 5.97 Å². The molecular weight excluding hydrogens is 278 g/mol. The number of nitrogen functional groups attached to an aromatic ring is 1. The molecule has 0 bridgehead atoms. The largest absolute Gasteiger partial charge is 0.462 e. The summed E-state index contributed by atoms with van der Waals surface area (Å²) < 4.78 is 11.0. The molecule has 0 saturated heterocycles. The summed E-state index contributed by atoms with van der Waals surface area (Å²) in [7, 11) is 3.79. The smallest absolute Gasteiger partial charge is 0.345 e. The molecule has 2 N–H and O–H groups in total. The highest BCUT2D eigenvalue weighted by atomic mass is 32.1. The fraction of sp³-hybridized carbons (Fsp3) is 0.417. The van der Waals surface area contributed by atoms with Crippen molar-refractivity contribution in [2.24, 2.45) is 7.05 Å². The number of aromatic nitrogens is 3. The van der Waals surface area contributed by atoms with Gasteiger partial charge in [-0.3, -0.25) is 0 Å². The molecule has 2 aromatic heterocycles. The van der Waals surface area contributed by atoms with Gasteiger partial charge in [-0.15, -0.1) is 0 Å². The first-order chi connectivity index (χ1) is 9.54. The van der Waals surface area contributed by atoms with Crippen molar-refractivity contribution < 1.29 is 9.53 Å². The molecule has 0 aliphatic carbocycles. The van der Waals surface area contributed by atoms with Crippen molar-refractivity contribution in [3.63, 3.8) is 0 Å². The molecule has 0 aromatic carbocycles. The Balaban J connectivity index is 2.24. The summed E-state index contributed by atoms with van der Waals surface area (Å²) in [6.07, 6.45) is 3.60. The Bertz CT molecular complexity index is 607. The fourth-order valence-corrected chi connectivity index (χ4v) is 2.54. The Morgan fingerprint density at radius 3 is 2.95 bits per heavy atom. The van der Waals surface area contributed by atoms with Crippen molar-refractivity contribution in [2.45, 2.75) is 13.5 Å². The number of imidazole rings is 1. The number of nitrogens with zero attached hydrogens (tertiary/aromatic N) is 4. The van der Waals surface area contributed by atoms with Crippen LogP contribution in [0.15, 0.2) is 12.4 Å². The van der Waals surface area contributed by atoms with Crippen LogP contribution in [0.3, 0.4) is 0 Å². The fourth-order valence-electron chi connectivity index (χ4n) is 1.78. The van der Waals surface area contributed by atoms with E-state index in [0.717, 1.165) is 5.82 Å². The number of hydrogen-bond donors (Lipinski definition) is 1. The van der Waals surface area contributed by atoms with E-state index in [4.69, 9.17) is 10.5 Å². The van der Waals surface area contributed by atoms with E-state index in [2.05, 4.69) is 9.36 Å². The second kappa shape index (κ2) is 5.91. The first kappa shape index (κ1) is 14.3. The normalized spacial score (nSPS) is 10.6. The third-order valence-corrected chi connectivity index (χ3v) is 3.80. The Morgan fingerprint density at radius 1 is 1.60 bits per heavy atom. The predicted molar refractivity (Wildman–Crippen MR) is 77.8 cm³/mol. The van der Waals surface area contributed by atoms with Crippen LogP contribution in [0.2, 0.25) is 0 Å². The lowest BCUT2D eigenvalue weighted by molar-refractivity contribution is 0.0528. The standard InChI is InChI=1S/C12H17N5O2S/c1-4-19-12(18)9-10(13)15-20-11(9)17(3)7-8-14-5-6-16(8)2/h5-6H,4,7H2,1-3H3,(H2,13,15). The molecule has 20 heavy (non-hydrogen) atoms. The summed E-state index contributed by atoms with van der Waals surface area (Å²) in [5, 5.41) is 0.684. The molecule has 7 nitrogen and oxygen atoms in total. The van der Waals surface area contributed by atoms with Gasteiger partial charge in [-0.05, 0) is 18.5 Å². The van der Waals surface area contributed by atoms with Gasteiger partial charge in [-0.1, -0.05) is 0 Å². The third kappa shape index (κ3) is 2.74. The number of hydrogen-bond acceptors (Lipinski definition) is 7. The van der Waals surface area contributed by atoms with Crippen molar-refractivity contribution in [1.82, 2.24) is 13.9 Å². The van der Waals surface area contributed by atoms with Crippen molar-refractivity contribution in [3.8, 4) is 0 Å². The van der Waals surface area contributed by atoms with Gasteiger partial charge < -0.3 is 19.9 Å². The zero-order valence-electron chi connectivity index (χ0n) is 11.7. The minimum absolute atomic E-state index is 0.204. The molecule has 0 aliphatic heterocycles. The van der Waals surface area contributed by atoms with Gasteiger partial charge in [0, 0.05) is 26.5 Å². The van der Waals surface area contributed by atoms with E-state index >= 15 is 0 Å². The quantitative estimate of drug-likeness (QED) is 0.836. The summed E-state index contributed by atoms with van der Waals surface area (Å²) in [4.78, 5) is 18.1. The van der Waals surface area contributed by atoms with Gasteiger partial charge in [-0.2, -0.15) is 4.37 Å². The number of carbonyl (C=O) groups excluding carboxylic acids is 1. The van der Waals surface area contributed by atoms with Crippen LogP contribution in [0.1, 0.15) is 23.1 Å². The highest BCUT2D eigenvalue weighted by molar-refractivity contribution is 7.11. The average molecular weight is 295 g/mol. The lowest BCUT2D eigenvalue weighted by atomic mass is 10.3. The van der Waals surface area contributed by atoms with E-state index in [1.807, 2.05) is 29.8 Å².